The van der Waals surface area contributed by atoms with Crippen LogP contribution in [-0.2, 0) is 13.6 Å². The fraction of sp³-hybridized carbons (Fsp3) is 0.294. The Bertz CT molecular complexity index is 841. The van der Waals surface area contributed by atoms with Crippen LogP contribution in [-0.4, -0.2) is 29.0 Å². The summed E-state index contributed by atoms with van der Waals surface area (Å²) >= 11 is 1.60. The molecule has 0 unspecified atom stereocenters. The third-order valence-corrected chi connectivity index (χ3v) is 4.80. The highest BCUT2D eigenvalue weighted by atomic mass is 32.1. The zero-order valence-corrected chi connectivity index (χ0v) is 15.0. The Hall–Kier alpha value is -2.54. The van der Waals surface area contributed by atoms with Crippen molar-refractivity contribution in [2.75, 3.05) is 19.5 Å². The Kier molecular flexibility index (Phi) is 4.71. The van der Waals surface area contributed by atoms with E-state index >= 15 is 0 Å². The molecular formula is C17H20N4O2S. The number of aryl methyl sites for hydroxylation is 2. The highest BCUT2D eigenvalue weighted by molar-refractivity contribution is 7.19. The lowest BCUT2D eigenvalue weighted by Gasteiger charge is -2.10. The average Bonchev–Trinajstić information content (AvgIpc) is 3.18. The summed E-state index contributed by atoms with van der Waals surface area (Å²) in [5.41, 5.74) is 2.93. The number of nitrogens with zero attached hydrogens (tertiary/aromatic N) is 3. The lowest BCUT2D eigenvalue weighted by molar-refractivity contribution is 0.399. The molecular weight excluding hydrogens is 324 g/mol. The maximum Gasteiger partial charge on any atom is 0.183 e. The van der Waals surface area contributed by atoms with Gasteiger partial charge in [-0.3, -0.25) is 4.68 Å². The number of hydrogen-bond acceptors (Lipinski definition) is 6. The Balaban J connectivity index is 1.78. The van der Waals surface area contributed by atoms with Gasteiger partial charge in [0.15, 0.2) is 5.13 Å². The van der Waals surface area contributed by atoms with Crippen LogP contribution >= 0.6 is 11.3 Å². The summed E-state index contributed by atoms with van der Waals surface area (Å²) in [5.74, 6) is 1.62. The van der Waals surface area contributed by atoms with Crippen LogP contribution in [0.3, 0.4) is 0 Å². The van der Waals surface area contributed by atoms with Crippen LogP contribution in [0.5, 0.6) is 11.5 Å². The number of aromatic nitrogens is 3. The van der Waals surface area contributed by atoms with Crippen molar-refractivity contribution in [3.8, 4) is 22.1 Å². The first-order chi connectivity index (χ1) is 11.6. The molecule has 7 heteroatoms. The molecule has 0 fully saturated rings. The van der Waals surface area contributed by atoms with Crippen molar-refractivity contribution in [2.45, 2.75) is 13.5 Å². The van der Waals surface area contributed by atoms with E-state index in [1.165, 1.54) is 0 Å². The molecule has 0 saturated heterocycles. The van der Waals surface area contributed by atoms with Gasteiger partial charge in [-0.25, -0.2) is 4.98 Å². The fourth-order valence-electron chi connectivity index (χ4n) is 2.44. The molecule has 2 heterocycles. The van der Waals surface area contributed by atoms with E-state index in [0.29, 0.717) is 6.54 Å². The summed E-state index contributed by atoms with van der Waals surface area (Å²) in [6.07, 6.45) is 1.93. The van der Waals surface area contributed by atoms with Crippen molar-refractivity contribution in [3.63, 3.8) is 0 Å². The van der Waals surface area contributed by atoms with Gasteiger partial charge in [0, 0.05) is 25.4 Å². The Morgan fingerprint density at radius 1 is 1.21 bits per heavy atom. The molecule has 24 heavy (non-hydrogen) atoms. The lowest BCUT2D eigenvalue weighted by atomic mass is 10.2. The first kappa shape index (κ1) is 16.3. The van der Waals surface area contributed by atoms with E-state index in [-0.39, 0.29) is 0 Å². The Labute approximate surface area is 145 Å². The minimum Gasteiger partial charge on any atom is -0.497 e. The summed E-state index contributed by atoms with van der Waals surface area (Å²) in [5, 5.41) is 8.67. The molecule has 3 aromatic rings. The van der Waals surface area contributed by atoms with Crippen molar-refractivity contribution in [2.24, 2.45) is 7.05 Å². The van der Waals surface area contributed by atoms with Crippen LogP contribution in [0, 0.1) is 6.92 Å². The number of ether oxygens (including phenoxy) is 2. The molecule has 0 spiro atoms. The van der Waals surface area contributed by atoms with Gasteiger partial charge in [0.25, 0.3) is 0 Å². The van der Waals surface area contributed by atoms with E-state index in [0.717, 1.165) is 38.5 Å². The minimum absolute atomic E-state index is 0.606. The summed E-state index contributed by atoms with van der Waals surface area (Å²) < 4.78 is 12.5. The van der Waals surface area contributed by atoms with Crippen molar-refractivity contribution in [3.05, 3.63) is 41.7 Å². The van der Waals surface area contributed by atoms with Crippen molar-refractivity contribution in [1.29, 1.82) is 0 Å². The predicted molar refractivity (Wildman–Crippen MR) is 95.9 cm³/mol. The third-order valence-electron chi connectivity index (χ3n) is 3.66. The number of nitrogens with one attached hydrogen (secondary N) is 1. The Morgan fingerprint density at radius 3 is 2.71 bits per heavy atom. The van der Waals surface area contributed by atoms with Crippen LogP contribution in [0.1, 0.15) is 11.3 Å². The average molecular weight is 344 g/mol. The van der Waals surface area contributed by atoms with Crippen molar-refractivity contribution < 1.29 is 9.47 Å². The van der Waals surface area contributed by atoms with Gasteiger partial charge in [-0.2, -0.15) is 5.10 Å². The van der Waals surface area contributed by atoms with E-state index in [1.54, 1.807) is 30.2 Å². The highest BCUT2D eigenvalue weighted by Crippen LogP contribution is 2.32. The molecule has 6 nitrogen and oxygen atoms in total. The summed E-state index contributed by atoms with van der Waals surface area (Å²) in [4.78, 5) is 5.67. The first-order valence-corrected chi connectivity index (χ1v) is 8.34. The monoisotopic (exact) mass is 344 g/mol. The van der Waals surface area contributed by atoms with Crippen molar-refractivity contribution in [1.82, 2.24) is 14.8 Å². The van der Waals surface area contributed by atoms with Gasteiger partial charge in [-0.1, -0.05) is 11.3 Å². The van der Waals surface area contributed by atoms with Gasteiger partial charge in [-0.15, -0.1) is 0 Å². The van der Waals surface area contributed by atoms with E-state index in [1.807, 2.05) is 44.4 Å². The van der Waals surface area contributed by atoms with Crippen LogP contribution in [0.2, 0.25) is 0 Å². The third kappa shape index (κ3) is 3.35. The summed E-state index contributed by atoms with van der Waals surface area (Å²) in [7, 11) is 5.23. The molecule has 1 aromatic carbocycles. The van der Waals surface area contributed by atoms with Crippen LogP contribution in [0.25, 0.3) is 10.6 Å². The van der Waals surface area contributed by atoms with E-state index in [4.69, 9.17) is 9.47 Å². The maximum absolute atomic E-state index is 5.41. The molecule has 126 valence electrons. The van der Waals surface area contributed by atoms with E-state index < -0.39 is 0 Å². The number of thiazole rings is 1. The number of rotatable bonds is 6. The van der Waals surface area contributed by atoms with Crippen LogP contribution in [0.15, 0.2) is 30.5 Å². The SMILES string of the molecule is COc1ccc(OC)c(CNc2nc(C)c(-c3ccn(C)n3)s2)c1. The van der Waals surface area contributed by atoms with Gasteiger partial charge in [0.05, 0.1) is 24.8 Å². The number of anilines is 1. The predicted octanol–water partition coefficient (Wildman–Crippen LogP) is 3.48. The van der Waals surface area contributed by atoms with Crippen molar-refractivity contribution >= 4 is 16.5 Å². The van der Waals surface area contributed by atoms with Gasteiger partial charge in [0.2, 0.25) is 0 Å². The smallest absolute Gasteiger partial charge is 0.183 e. The number of hydrogen-bond donors (Lipinski definition) is 1. The van der Waals surface area contributed by atoms with Crippen LogP contribution in [0.4, 0.5) is 5.13 Å². The molecule has 0 aliphatic carbocycles. The molecule has 0 bridgehead atoms. The second-order valence-electron chi connectivity index (χ2n) is 5.34. The normalized spacial score (nSPS) is 10.7. The molecule has 0 radical (unpaired) electrons. The molecule has 0 aliphatic heterocycles. The van der Waals surface area contributed by atoms with Gasteiger partial charge in [0.1, 0.15) is 17.2 Å². The zero-order chi connectivity index (χ0) is 17.1. The molecule has 0 aliphatic rings. The summed E-state index contributed by atoms with van der Waals surface area (Å²) in [6, 6.07) is 7.75. The lowest BCUT2D eigenvalue weighted by Crippen LogP contribution is -2.02. The van der Waals surface area contributed by atoms with Gasteiger partial charge >= 0.3 is 0 Å². The Morgan fingerprint density at radius 2 is 2.04 bits per heavy atom. The maximum atomic E-state index is 5.41. The minimum atomic E-state index is 0.606. The molecule has 2 aromatic heterocycles. The standard InChI is InChI=1S/C17H20N4O2S/c1-11-16(14-7-8-21(2)20-14)24-17(19-11)18-10-12-9-13(22-3)5-6-15(12)23-4/h5-9H,10H2,1-4H3,(H,18,19). The zero-order valence-electron chi connectivity index (χ0n) is 14.2. The molecule has 3 rings (SSSR count). The molecule has 0 amide bonds. The van der Waals surface area contributed by atoms with E-state index in [9.17, 15) is 0 Å². The molecule has 0 atom stereocenters. The second kappa shape index (κ2) is 6.92. The largest absolute Gasteiger partial charge is 0.497 e. The van der Waals surface area contributed by atoms with Gasteiger partial charge < -0.3 is 14.8 Å². The topological polar surface area (TPSA) is 61.2 Å². The van der Waals surface area contributed by atoms with Crippen LogP contribution < -0.4 is 14.8 Å². The quantitative estimate of drug-likeness (QED) is 0.742. The first-order valence-electron chi connectivity index (χ1n) is 7.53. The fourth-order valence-corrected chi connectivity index (χ4v) is 3.36. The highest BCUT2D eigenvalue weighted by Gasteiger charge is 2.13. The number of benzene rings is 1. The second-order valence-corrected chi connectivity index (χ2v) is 6.34. The van der Waals surface area contributed by atoms with Gasteiger partial charge in [-0.05, 0) is 31.2 Å². The van der Waals surface area contributed by atoms with E-state index in [2.05, 4.69) is 15.4 Å². The number of methoxy groups -OCH3 is 2. The summed E-state index contributed by atoms with van der Waals surface area (Å²) in [6.45, 7) is 2.60. The molecule has 0 saturated carbocycles. The molecule has 1 N–H and O–H groups in total.